The number of anilines is 1. The Bertz CT molecular complexity index is 1130. The Balaban J connectivity index is 1.66. The molecule has 1 unspecified atom stereocenters. The molecular formula is C15H23N5O9P2S. The van der Waals surface area contributed by atoms with Gasteiger partial charge in [-0.1, -0.05) is 11.8 Å². The Labute approximate surface area is 186 Å². The predicted molar refractivity (Wildman–Crippen MR) is 112 cm³/mol. The van der Waals surface area contributed by atoms with Crippen LogP contribution in [0.15, 0.2) is 11.5 Å². The first-order valence-corrected chi connectivity index (χ1v) is 13.7. The Kier molecular flexibility index (Phi) is 6.21. The van der Waals surface area contributed by atoms with Crippen molar-refractivity contribution < 1.29 is 42.9 Å². The van der Waals surface area contributed by atoms with E-state index in [0.717, 1.165) is 0 Å². The molecule has 2 aliphatic carbocycles. The highest BCUT2D eigenvalue weighted by atomic mass is 32.2. The molecule has 0 radical (unpaired) electrons. The quantitative estimate of drug-likeness (QED) is 0.162. The molecular weight excluding hydrogens is 488 g/mol. The zero-order valence-corrected chi connectivity index (χ0v) is 19.6. The van der Waals surface area contributed by atoms with Crippen molar-refractivity contribution in [1.29, 1.82) is 0 Å². The average Bonchev–Trinajstić information content (AvgIpc) is 3.16. The van der Waals surface area contributed by atoms with Crippen LogP contribution in [0.3, 0.4) is 0 Å². The molecule has 4 rings (SSSR count). The van der Waals surface area contributed by atoms with Crippen molar-refractivity contribution in [2.45, 2.75) is 36.2 Å². The molecule has 0 saturated heterocycles. The van der Waals surface area contributed by atoms with E-state index >= 15 is 0 Å². The van der Waals surface area contributed by atoms with Gasteiger partial charge in [0, 0.05) is 12.5 Å². The van der Waals surface area contributed by atoms with Crippen LogP contribution >= 0.6 is 27.4 Å². The average molecular weight is 511 g/mol. The minimum Gasteiger partial charge on any atom is -0.390 e. The number of aliphatic hydroxyl groups excluding tert-OH is 2. The largest absolute Gasteiger partial charge is 0.481 e. The summed E-state index contributed by atoms with van der Waals surface area (Å²) in [5.74, 6) is 0.121. The molecule has 14 nitrogen and oxygen atoms in total. The third-order valence-corrected chi connectivity index (χ3v) is 8.86. The fraction of sp³-hybridized carbons (Fsp3) is 0.667. The van der Waals surface area contributed by atoms with Gasteiger partial charge in [-0.2, -0.15) is 4.31 Å². The molecule has 0 aliphatic heterocycles. The van der Waals surface area contributed by atoms with E-state index in [9.17, 15) is 24.2 Å². The Hall–Kier alpha value is -1.12. The number of aliphatic hydroxyl groups is 2. The van der Waals surface area contributed by atoms with Gasteiger partial charge >= 0.3 is 15.6 Å². The molecule has 0 aromatic carbocycles. The number of hydrogen-bond acceptors (Lipinski definition) is 11. The van der Waals surface area contributed by atoms with E-state index in [0.29, 0.717) is 35.0 Å². The normalized spacial score (nSPS) is 31.8. The topological polar surface area (TPSA) is 209 Å². The van der Waals surface area contributed by atoms with Crippen LogP contribution in [0.1, 0.15) is 18.9 Å². The lowest BCUT2D eigenvalue weighted by atomic mass is 9.60. The number of thioether (sulfide) groups is 1. The van der Waals surface area contributed by atoms with Crippen molar-refractivity contribution >= 4 is 44.4 Å². The molecule has 2 fully saturated rings. The maximum atomic E-state index is 11.9. The van der Waals surface area contributed by atoms with Gasteiger partial charge < -0.3 is 34.8 Å². The molecule has 2 aromatic heterocycles. The first kappa shape index (κ1) is 24.0. The monoisotopic (exact) mass is 511 g/mol. The highest BCUT2D eigenvalue weighted by Crippen LogP contribution is 2.65. The standard InChI is InChI=1S/C15H23N5O9P2S/c1-16-12-8-13(19-14(18-12)32-2)20(6-17-8)9-7-3-4-15(7,11(22)10(9)21)5-28-31(26,27)29-30(23,24)25/h6-7,9-11,21-22H,3-5H2,1-2H3,(H,26,27)(H,16,18,19)(H2,23,24,25)/t7-,9-,10+,11+,15+/m1/s1. The molecule has 32 heavy (non-hydrogen) atoms. The van der Waals surface area contributed by atoms with E-state index in [1.54, 1.807) is 11.6 Å². The Morgan fingerprint density at radius 1 is 1.31 bits per heavy atom. The maximum absolute atomic E-state index is 11.9. The van der Waals surface area contributed by atoms with Crippen molar-refractivity contribution in [1.82, 2.24) is 19.5 Å². The van der Waals surface area contributed by atoms with E-state index in [2.05, 4.69) is 24.6 Å². The van der Waals surface area contributed by atoms with Crippen molar-refractivity contribution in [3.05, 3.63) is 6.33 Å². The lowest BCUT2D eigenvalue weighted by Gasteiger charge is -2.47. The number of hydrogen-bond donors (Lipinski definition) is 6. The molecule has 0 spiro atoms. The van der Waals surface area contributed by atoms with E-state index in [1.807, 2.05) is 6.26 Å². The summed E-state index contributed by atoms with van der Waals surface area (Å²) in [6, 6.07) is -0.664. The summed E-state index contributed by atoms with van der Waals surface area (Å²) in [6.07, 6.45) is 1.64. The number of nitrogens with zero attached hydrogens (tertiary/aromatic N) is 4. The zero-order chi connectivity index (χ0) is 23.5. The van der Waals surface area contributed by atoms with Crippen LogP contribution in [-0.4, -0.2) is 76.5 Å². The van der Waals surface area contributed by atoms with Crippen molar-refractivity contribution in [3.63, 3.8) is 0 Å². The number of phosphoric ester groups is 1. The number of aromatic nitrogens is 4. The first-order valence-electron chi connectivity index (χ1n) is 9.49. The second kappa shape index (κ2) is 8.27. The van der Waals surface area contributed by atoms with Gasteiger partial charge in [0.1, 0.15) is 6.10 Å². The van der Waals surface area contributed by atoms with E-state index in [4.69, 9.17) is 14.3 Å². The van der Waals surface area contributed by atoms with Gasteiger partial charge in [0.05, 0.1) is 25.1 Å². The molecule has 17 heteroatoms. The first-order chi connectivity index (χ1) is 14.9. The number of phosphoric acid groups is 2. The van der Waals surface area contributed by atoms with Crippen LogP contribution in [-0.2, 0) is 18.0 Å². The Morgan fingerprint density at radius 2 is 2.03 bits per heavy atom. The number of nitrogens with one attached hydrogen (secondary N) is 1. The summed E-state index contributed by atoms with van der Waals surface area (Å²) < 4.78 is 33.1. The van der Waals surface area contributed by atoms with Gasteiger partial charge in [-0.25, -0.2) is 24.1 Å². The molecule has 2 aromatic rings. The molecule has 6 atom stereocenters. The molecule has 0 bridgehead atoms. The smallest absolute Gasteiger partial charge is 0.390 e. The van der Waals surface area contributed by atoms with Crippen molar-refractivity contribution in [2.24, 2.45) is 11.3 Å². The van der Waals surface area contributed by atoms with Crippen LogP contribution < -0.4 is 5.32 Å². The van der Waals surface area contributed by atoms with Gasteiger partial charge in [0.15, 0.2) is 22.1 Å². The third-order valence-electron chi connectivity index (χ3n) is 6.18. The lowest BCUT2D eigenvalue weighted by Crippen LogP contribution is -2.49. The molecule has 2 aliphatic rings. The summed E-state index contributed by atoms with van der Waals surface area (Å²) in [6.45, 7) is -0.542. The van der Waals surface area contributed by atoms with Gasteiger partial charge in [0.25, 0.3) is 0 Å². The van der Waals surface area contributed by atoms with Gasteiger partial charge in [0.2, 0.25) is 0 Å². The van der Waals surface area contributed by atoms with Crippen LogP contribution in [0, 0.1) is 11.3 Å². The van der Waals surface area contributed by atoms with Crippen LogP contribution in [0.4, 0.5) is 5.82 Å². The highest BCUT2D eigenvalue weighted by Gasteiger charge is 2.66. The minimum atomic E-state index is -5.27. The zero-order valence-electron chi connectivity index (χ0n) is 17.0. The highest BCUT2D eigenvalue weighted by molar-refractivity contribution is 7.98. The SMILES string of the molecule is CNc1nc(SC)nc2c1ncn2[C@H]1[C@H](O)[C@H](O)[C@]2(COP(=O)(O)OP(=O)(O)O)CC[C@H]12. The number of imidazole rings is 1. The molecule has 2 saturated carbocycles. The van der Waals surface area contributed by atoms with Crippen molar-refractivity contribution in [3.8, 4) is 0 Å². The molecule has 0 amide bonds. The van der Waals surface area contributed by atoms with Crippen LogP contribution in [0.2, 0.25) is 0 Å². The number of rotatable bonds is 8. The summed E-state index contributed by atoms with van der Waals surface area (Å²) in [7, 11) is -8.67. The minimum absolute atomic E-state index is 0.363. The van der Waals surface area contributed by atoms with Gasteiger partial charge in [-0.05, 0) is 25.0 Å². The van der Waals surface area contributed by atoms with E-state index in [-0.39, 0.29) is 5.92 Å². The van der Waals surface area contributed by atoms with Gasteiger partial charge in [-0.15, -0.1) is 0 Å². The summed E-state index contributed by atoms with van der Waals surface area (Å²) in [5.41, 5.74) is -0.181. The number of fused-ring (bicyclic) bond motifs is 2. The molecule has 2 heterocycles. The molecule has 178 valence electrons. The molecule has 6 N–H and O–H groups in total. The van der Waals surface area contributed by atoms with Gasteiger partial charge in [-0.3, -0.25) is 4.52 Å². The fourth-order valence-electron chi connectivity index (χ4n) is 4.69. The third kappa shape index (κ3) is 4.00. The second-order valence-corrected chi connectivity index (χ2v) is 11.4. The summed E-state index contributed by atoms with van der Waals surface area (Å²) in [5, 5.41) is 25.2. The summed E-state index contributed by atoms with van der Waals surface area (Å²) >= 11 is 1.33. The van der Waals surface area contributed by atoms with E-state index in [1.165, 1.54) is 18.1 Å². The predicted octanol–water partition coefficient (Wildman–Crippen LogP) is 0.489. The van der Waals surface area contributed by atoms with Crippen LogP contribution in [0.5, 0.6) is 0 Å². The van der Waals surface area contributed by atoms with Crippen molar-refractivity contribution in [2.75, 3.05) is 25.2 Å². The second-order valence-electron chi connectivity index (χ2n) is 7.75. The maximum Gasteiger partial charge on any atom is 0.481 e. The fourth-order valence-corrected chi connectivity index (χ4v) is 6.72. The summed E-state index contributed by atoms with van der Waals surface area (Å²) in [4.78, 5) is 40.4. The Morgan fingerprint density at radius 3 is 2.59 bits per heavy atom. The van der Waals surface area contributed by atoms with E-state index < -0.39 is 45.9 Å². The van der Waals surface area contributed by atoms with Crippen LogP contribution in [0.25, 0.3) is 11.2 Å². The lowest BCUT2D eigenvalue weighted by molar-refractivity contribution is -0.0967.